The molecule has 1 saturated carbocycles. The summed E-state index contributed by atoms with van der Waals surface area (Å²) in [6.07, 6.45) is 3.46. The lowest BCUT2D eigenvalue weighted by molar-refractivity contribution is -0.128. The Labute approximate surface area is 130 Å². The molecule has 1 atom stereocenters. The van der Waals surface area contributed by atoms with Crippen LogP contribution in [0.4, 0.5) is 0 Å². The molecule has 1 aliphatic carbocycles. The van der Waals surface area contributed by atoms with E-state index in [0.717, 1.165) is 12.8 Å². The summed E-state index contributed by atoms with van der Waals surface area (Å²) in [6, 6.07) is -0.0962. The highest BCUT2D eigenvalue weighted by atomic mass is 32.2. The highest BCUT2D eigenvalue weighted by Crippen LogP contribution is 2.31. The Morgan fingerprint density at radius 3 is 2.59 bits per heavy atom. The highest BCUT2D eigenvalue weighted by molar-refractivity contribution is 7.89. The van der Waals surface area contributed by atoms with Gasteiger partial charge in [-0.05, 0) is 12.8 Å². The maximum Gasteiger partial charge on any atom is 0.275 e. The lowest BCUT2D eigenvalue weighted by Gasteiger charge is -2.15. The molecule has 7 nitrogen and oxygen atoms in total. The van der Waals surface area contributed by atoms with E-state index in [-0.39, 0.29) is 22.8 Å². The van der Waals surface area contributed by atoms with Crippen molar-refractivity contribution >= 4 is 15.9 Å². The van der Waals surface area contributed by atoms with Crippen LogP contribution in [-0.4, -0.2) is 42.8 Å². The molecule has 1 unspecified atom stereocenters. The maximum atomic E-state index is 12.4. The van der Waals surface area contributed by atoms with Crippen LogP contribution >= 0.6 is 0 Å². The summed E-state index contributed by atoms with van der Waals surface area (Å²) in [5.74, 6) is 0.387. The number of hydrogen-bond donors (Lipinski definition) is 1. The third kappa shape index (κ3) is 3.03. The molecule has 22 heavy (non-hydrogen) atoms. The van der Waals surface area contributed by atoms with E-state index >= 15 is 0 Å². The fraction of sp³-hybridized carbons (Fsp3) is 0.714. The van der Waals surface area contributed by atoms with Crippen molar-refractivity contribution in [1.29, 1.82) is 0 Å². The second-order valence-electron chi connectivity index (χ2n) is 7.03. The van der Waals surface area contributed by atoms with Gasteiger partial charge in [-0.2, -0.15) is 0 Å². The number of rotatable bonds is 4. The number of carbonyl (C=O) groups is 1. The minimum atomic E-state index is -3.79. The molecule has 2 heterocycles. The van der Waals surface area contributed by atoms with Gasteiger partial charge in [0.25, 0.3) is 15.1 Å². The summed E-state index contributed by atoms with van der Waals surface area (Å²) in [5.41, 5.74) is -0.361. The Kier molecular flexibility index (Phi) is 3.56. The summed E-state index contributed by atoms with van der Waals surface area (Å²) >= 11 is 0. The van der Waals surface area contributed by atoms with E-state index in [9.17, 15) is 13.2 Å². The largest absolute Gasteiger partial charge is 0.427 e. The van der Waals surface area contributed by atoms with Gasteiger partial charge in [0.05, 0.1) is 6.20 Å². The molecule has 1 aliphatic heterocycles. The summed E-state index contributed by atoms with van der Waals surface area (Å²) < 4.78 is 32.6. The smallest absolute Gasteiger partial charge is 0.275 e. The fourth-order valence-corrected chi connectivity index (χ4v) is 3.65. The van der Waals surface area contributed by atoms with Crippen LogP contribution in [0, 0.1) is 0 Å². The van der Waals surface area contributed by atoms with Crippen molar-refractivity contribution in [1.82, 2.24) is 14.6 Å². The number of hydrogen-bond acceptors (Lipinski definition) is 5. The minimum absolute atomic E-state index is 0.0168. The first-order chi connectivity index (χ1) is 10.2. The number of amides is 1. The monoisotopic (exact) mass is 327 g/mol. The van der Waals surface area contributed by atoms with Gasteiger partial charge >= 0.3 is 0 Å². The Bertz CT molecular complexity index is 685. The number of sulfonamides is 1. The average Bonchev–Trinajstić information content (AvgIpc) is 2.95. The van der Waals surface area contributed by atoms with Crippen LogP contribution in [0.5, 0.6) is 0 Å². The molecule has 1 aromatic rings. The van der Waals surface area contributed by atoms with Gasteiger partial charge in [0.15, 0.2) is 0 Å². The van der Waals surface area contributed by atoms with Crippen LogP contribution in [0.3, 0.4) is 0 Å². The van der Waals surface area contributed by atoms with Crippen LogP contribution in [0.25, 0.3) is 0 Å². The van der Waals surface area contributed by atoms with E-state index in [1.165, 1.54) is 6.20 Å². The molecule has 1 amide bonds. The number of nitrogens with one attached hydrogen (secondary N) is 1. The van der Waals surface area contributed by atoms with Crippen LogP contribution in [0.2, 0.25) is 0 Å². The van der Waals surface area contributed by atoms with Gasteiger partial charge in [-0.1, -0.05) is 20.8 Å². The quantitative estimate of drug-likeness (QED) is 0.891. The van der Waals surface area contributed by atoms with E-state index in [0.29, 0.717) is 18.5 Å². The molecule has 1 N–H and O–H groups in total. The summed E-state index contributed by atoms with van der Waals surface area (Å²) in [4.78, 5) is 17.7. The van der Waals surface area contributed by atoms with E-state index in [1.807, 2.05) is 20.8 Å². The normalized spacial score (nSPS) is 23.3. The van der Waals surface area contributed by atoms with Gasteiger partial charge in [-0.25, -0.2) is 18.1 Å². The zero-order valence-electron chi connectivity index (χ0n) is 13.0. The maximum absolute atomic E-state index is 12.4. The lowest BCUT2D eigenvalue weighted by Crippen LogP contribution is -2.37. The summed E-state index contributed by atoms with van der Waals surface area (Å²) in [7, 11) is -3.79. The Morgan fingerprint density at radius 2 is 2.05 bits per heavy atom. The number of likely N-dealkylation sites (tertiary alicyclic amines) is 1. The highest BCUT2D eigenvalue weighted by Gasteiger charge is 2.41. The predicted octanol–water partition coefficient (Wildman–Crippen LogP) is 1.01. The van der Waals surface area contributed by atoms with Crippen LogP contribution in [0.15, 0.2) is 15.7 Å². The van der Waals surface area contributed by atoms with Gasteiger partial charge in [0, 0.05) is 30.5 Å². The molecule has 1 aromatic heterocycles. The molecule has 2 fully saturated rings. The standard InChI is InChI=1S/C14H21N3O4S/c1-14(2,3)13-15-7-12(21-13)22(19,20)16-9-6-11(18)17(8-9)10-4-5-10/h7,9-10,16H,4-6,8H2,1-3H3. The molecular weight excluding hydrogens is 306 g/mol. The SMILES string of the molecule is CC(C)(C)c1ncc(S(=O)(=O)NC2CC(=O)N(C3CC3)C2)o1. The molecule has 0 aromatic carbocycles. The van der Waals surface area contributed by atoms with Crippen molar-refractivity contribution in [3.05, 3.63) is 12.1 Å². The topological polar surface area (TPSA) is 92.5 Å². The van der Waals surface area contributed by atoms with Gasteiger partial charge in [0.1, 0.15) is 0 Å². The van der Waals surface area contributed by atoms with Gasteiger partial charge in [0.2, 0.25) is 11.8 Å². The van der Waals surface area contributed by atoms with E-state index in [4.69, 9.17) is 4.42 Å². The van der Waals surface area contributed by atoms with Crippen molar-refractivity contribution < 1.29 is 17.6 Å². The number of aromatic nitrogens is 1. The van der Waals surface area contributed by atoms with Gasteiger partial charge in [-0.3, -0.25) is 4.79 Å². The number of carbonyl (C=O) groups excluding carboxylic acids is 1. The molecular formula is C14H21N3O4S. The van der Waals surface area contributed by atoms with Crippen LogP contribution < -0.4 is 4.72 Å². The van der Waals surface area contributed by atoms with Crippen molar-refractivity contribution in [2.24, 2.45) is 0 Å². The first kappa shape index (κ1) is 15.5. The van der Waals surface area contributed by atoms with Crippen molar-refractivity contribution in [2.75, 3.05) is 6.54 Å². The minimum Gasteiger partial charge on any atom is -0.427 e. The predicted molar refractivity (Wildman–Crippen MR) is 78.7 cm³/mol. The van der Waals surface area contributed by atoms with Gasteiger partial charge < -0.3 is 9.32 Å². The molecule has 0 spiro atoms. The van der Waals surface area contributed by atoms with E-state index in [1.54, 1.807) is 4.90 Å². The zero-order valence-corrected chi connectivity index (χ0v) is 13.8. The molecule has 1 saturated heterocycles. The van der Waals surface area contributed by atoms with Crippen molar-refractivity contribution in [3.63, 3.8) is 0 Å². The molecule has 122 valence electrons. The van der Waals surface area contributed by atoms with Crippen molar-refractivity contribution in [2.45, 2.75) is 62.6 Å². The molecule has 0 radical (unpaired) electrons. The second kappa shape index (κ2) is 5.06. The van der Waals surface area contributed by atoms with Crippen molar-refractivity contribution in [3.8, 4) is 0 Å². The molecule has 8 heteroatoms. The second-order valence-corrected chi connectivity index (χ2v) is 8.68. The van der Waals surface area contributed by atoms with E-state index < -0.39 is 16.1 Å². The third-order valence-corrected chi connectivity index (χ3v) is 5.22. The van der Waals surface area contributed by atoms with Crippen LogP contribution in [0.1, 0.15) is 45.9 Å². The Morgan fingerprint density at radius 1 is 1.36 bits per heavy atom. The van der Waals surface area contributed by atoms with Crippen LogP contribution in [-0.2, 0) is 20.2 Å². The van der Waals surface area contributed by atoms with E-state index in [2.05, 4.69) is 9.71 Å². The van der Waals surface area contributed by atoms with Gasteiger partial charge in [-0.15, -0.1) is 0 Å². The Hall–Kier alpha value is -1.41. The summed E-state index contributed by atoms with van der Waals surface area (Å²) in [6.45, 7) is 6.12. The third-order valence-electron chi connectivity index (χ3n) is 3.86. The molecule has 2 aliphatic rings. The Balaban J connectivity index is 1.71. The number of nitrogens with zero attached hydrogens (tertiary/aromatic N) is 2. The lowest BCUT2D eigenvalue weighted by atomic mass is 9.97. The number of oxazole rings is 1. The first-order valence-electron chi connectivity index (χ1n) is 7.45. The summed E-state index contributed by atoms with van der Waals surface area (Å²) in [5, 5.41) is -0.199. The molecule has 3 rings (SSSR count). The average molecular weight is 327 g/mol. The fourth-order valence-electron chi connectivity index (χ4n) is 2.56. The first-order valence-corrected chi connectivity index (χ1v) is 8.93. The molecule has 0 bridgehead atoms. The zero-order chi connectivity index (χ0) is 16.1.